The Morgan fingerprint density at radius 2 is 1.68 bits per heavy atom. The molecule has 4 aromatic rings. The van der Waals surface area contributed by atoms with Crippen molar-refractivity contribution in [3.8, 4) is 11.5 Å². The van der Waals surface area contributed by atoms with Crippen LogP contribution in [0.4, 0.5) is 17.1 Å². The normalized spacial score (nSPS) is 11.7. The third-order valence-electron chi connectivity index (χ3n) is 5.52. The Balaban J connectivity index is 1.82. The largest absolute Gasteiger partial charge is 0.505 e. The predicted octanol–water partition coefficient (Wildman–Crippen LogP) is 7.47. The third kappa shape index (κ3) is 5.58. The summed E-state index contributed by atoms with van der Waals surface area (Å²) < 4.78 is 39.2. The van der Waals surface area contributed by atoms with Gasteiger partial charge in [-0.1, -0.05) is 53.5 Å². The van der Waals surface area contributed by atoms with Crippen LogP contribution in [0.15, 0.2) is 75.8 Å². The van der Waals surface area contributed by atoms with Crippen LogP contribution >= 0.6 is 23.2 Å². The number of carbonyl (C=O) groups excluding carboxylic acids is 1. The summed E-state index contributed by atoms with van der Waals surface area (Å²) in [5.74, 6) is -0.767. The molecule has 9 nitrogen and oxygen atoms in total. The van der Waals surface area contributed by atoms with Gasteiger partial charge in [0.05, 0.1) is 22.2 Å². The monoisotopic (exact) mass is 573 g/mol. The fourth-order valence-corrected chi connectivity index (χ4v) is 5.10. The second kappa shape index (κ2) is 11.0. The number of benzene rings is 4. The van der Waals surface area contributed by atoms with Gasteiger partial charge in [0, 0.05) is 17.1 Å². The first-order valence-electron chi connectivity index (χ1n) is 11.2. The molecule has 1 amide bonds. The van der Waals surface area contributed by atoms with E-state index in [0.717, 1.165) is 0 Å². The van der Waals surface area contributed by atoms with Crippen molar-refractivity contribution >= 4 is 67.1 Å². The molecule has 0 atom stereocenters. The molecule has 0 aliphatic heterocycles. The fraction of sp³-hybridized carbons (Fsp3) is 0.115. The van der Waals surface area contributed by atoms with Gasteiger partial charge in [-0.3, -0.25) is 9.35 Å². The number of rotatable bonds is 7. The molecule has 12 heteroatoms. The zero-order chi connectivity index (χ0) is 27.6. The predicted molar refractivity (Wildman–Crippen MR) is 146 cm³/mol. The SMILES string of the molecule is CCOc1cc(NC(=O)c2cc3ccccc3c(N=Nc3c(Cl)ccc(C)c3S(=O)(=O)O)c2O)ccc1Cl. The highest BCUT2D eigenvalue weighted by Gasteiger charge is 2.23. The third-order valence-corrected chi connectivity index (χ3v) is 7.16. The minimum Gasteiger partial charge on any atom is -0.505 e. The molecule has 4 rings (SSSR count). The second-order valence-corrected chi connectivity index (χ2v) is 10.3. The molecule has 196 valence electrons. The summed E-state index contributed by atoms with van der Waals surface area (Å²) in [7, 11) is -4.70. The summed E-state index contributed by atoms with van der Waals surface area (Å²) in [6.45, 7) is 3.64. The van der Waals surface area contributed by atoms with Gasteiger partial charge in [-0.2, -0.15) is 8.42 Å². The molecule has 38 heavy (non-hydrogen) atoms. The lowest BCUT2D eigenvalue weighted by Crippen LogP contribution is -2.12. The van der Waals surface area contributed by atoms with Crippen LogP contribution in [0.5, 0.6) is 11.5 Å². The molecule has 0 spiro atoms. The number of aromatic hydroxyl groups is 1. The molecule has 0 unspecified atom stereocenters. The zero-order valence-corrected chi connectivity index (χ0v) is 22.4. The van der Waals surface area contributed by atoms with E-state index in [1.165, 1.54) is 25.1 Å². The number of carbonyl (C=O) groups is 1. The smallest absolute Gasteiger partial charge is 0.297 e. The van der Waals surface area contributed by atoms with Gasteiger partial charge in [0.15, 0.2) is 5.75 Å². The van der Waals surface area contributed by atoms with Crippen molar-refractivity contribution in [3.05, 3.63) is 81.8 Å². The molecular formula is C26H21Cl2N3O6S. The molecule has 0 aliphatic carbocycles. The Bertz CT molecular complexity index is 1710. The maximum atomic E-state index is 13.2. The molecule has 0 bridgehead atoms. The molecule has 0 saturated carbocycles. The van der Waals surface area contributed by atoms with E-state index in [1.807, 2.05) is 0 Å². The quantitative estimate of drug-likeness (QED) is 0.155. The number of nitrogens with one attached hydrogen (secondary N) is 1. The number of anilines is 1. The molecule has 0 saturated heterocycles. The van der Waals surface area contributed by atoms with Gasteiger partial charge >= 0.3 is 0 Å². The first-order valence-corrected chi connectivity index (χ1v) is 13.4. The van der Waals surface area contributed by atoms with Gasteiger partial charge in [0.1, 0.15) is 22.0 Å². The van der Waals surface area contributed by atoms with Crippen molar-refractivity contribution in [2.75, 3.05) is 11.9 Å². The minimum absolute atomic E-state index is 0.0856. The summed E-state index contributed by atoms with van der Waals surface area (Å²) in [5.41, 5.74) is 0.0524. The summed E-state index contributed by atoms with van der Waals surface area (Å²) in [6, 6.07) is 15.8. The Morgan fingerprint density at radius 1 is 1.00 bits per heavy atom. The van der Waals surface area contributed by atoms with Crippen molar-refractivity contribution in [1.82, 2.24) is 0 Å². The zero-order valence-electron chi connectivity index (χ0n) is 20.1. The van der Waals surface area contributed by atoms with E-state index in [0.29, 0.717) is 33.8 Å². The topological polar surface area (TPSA) is 138 Å². The van der Waals surface area contributed by atoms with Crippen molar-refractivity contribution in [2.24, 2.45) is 10.2 Å². The van der Waals surface area contributed by atoms with Gasteiger partial charge < -0.3 is 15.2 Å². The van der Waals surface area contributed by atoms with Crippen LogP contribution in [0.2, 0.25) is 10.0 Å². The van der Waals surface area contributed by atoms with Crippen molar-refractivity contribution < 1.29 is 27.6 Å². The lowest BCUT2D eigenvalue weighted by atomic mass is 10.0. The summed E-state index contributed by atoms with van der Waals surface area (Å²) >= 11 is 12.3. The van der Waals surface area contributed by atoms with E-state index in [1.54, 1.807) is 49.4 Å². The highest BCUT2D eigenvalue weighted by Crippen LogP contribution is 2.42. The van der Waals surface area contributed by atoms with Crippen molar-refractivity contribution in [2.45, 2.75) is 18.7 Å². The fourth-order valence-electron chi connectivity index (χ4n) is 3.80. The number of azo groups is 1. The van der Waals surface area contributed by atoms with Gasteiger partial charge in [-0.25, -0.2) is 0 Å². The number of aryl methyl sites for hydroxylation is 1. The number of nitrogens with zero attached hydrogens (tertiary/aromatic N) is 2. The number of ether oxygens (including phenoxy) is 1. The number of hydrogen-bond acceptors (Lipinski definition) is 7. The number of halogens is 2. The van der Waals surface area contributed by atoms with E-state index < -0.39 is 26.7 Å². The van der Waals surface area contributed by atoms with E-state index in [9.17, 15) is 22.9 Å². The second-order valence-electron chi connectivity index (χ2n) is 8.09. The summed E-state index contributed by atoms with van der Waals surface area (Å²) in [5, 5.41) is 23.1. The number of fused-ring (bicyclic) bond motifs is 1. The van der Waals surface area contributed by atoms with E-state index in [2.05, 4.69) is 15.5 Å². The Morgan fingerprint density at radius 3 is 2.39 bits per heavy atom. The highest BCUT2D eigenvalue weighted by atomic mass is 35.5. The maximum absolute atomic E-state index is 13.2. The first kappa shape index (κ1) is 27.3. The first-order chi connectivity index (χ1) is 18.0. The van der Waals surface area contributed by atoms with Gasteiger partial charge in [0.2, 0.25) is 0 Å². The van der Waals surface area contributed by atoms with Crippen molar-refractivity contribution in [3.63, 3.8) is 0 Å². The van der Waals surface area contributed by atoms with Gasteiger partial charge in [0.25, 0.3) is 16.0 Å². The maximum Gasteiger partial charge on any atom is 0.297 e. The van der Waals surface area contributed by atoms with E-state index >= 15 is 0 Å². The van der Waals surface area contributed by atoms with Crippen LogP contribution in [0, 0.1) is 6.92 Å². The van der Waals surface area contributed by atoms with Crippen LogP contribution in [0.3, 0.4) is 0 Å². The number of phenolic OH excluding ortho intramolecular Hbond substituents is 1. The molecule has 4 aromatic carbocycles. The van der Waals surface area contributed by atoms with Crippen LogP contribution in [0.25, 0.3) is 10.8 Å². The number of hydrogen-bond donors (Lipinski definition) is 3. The van der Waals surface area contributed by atoms with Crippen LogP contribution in [-0.4, -0.2) is 30.6 Å². The molecule has 0 radical (unpaired) electrons. The average molecular weight is 574 g/mol. The molecule has 0 heterocycles. The summed E-state index contributed by atoms with van der Waals surface area (Å²) in [4.78, 5) is 12.7. The lowest BCUT2D eigenvalue weighted by Gasteiger charge is -2.13. The Hall–Kier alpha value is -3.70. The van der Waals surface area contributed by atoms with Crippen molar-refractivity contribution in [1.29, 1.82) is 0 Å². The van der Waals surface area contributed by atoms with Gasteiger partial charge in [-0.15, -0.1) is 10.2 Å². The van der Waals surface area contributed by atoms with Crippen LogP contribution in [0.1, 0.15) is 22.8 Å². The van der Waals surface area contributed by atoms with E-state index in [4.69, 9.17) is 27.9 Å². The molecule has 0 fully saturated rings. The number of amides is 1. The standard InChI is InChI=1S/C26H21Cl2N3O6S/c1-3-37-21-13-16(9-11-19(21)27)29-26(33)18-12-15-6-4-5-7-17(15)22(24(18)32)30-31-23-20(28)10-8-14(2)25(23)38(34,35)36/h4-13,32H,3H2,1-2H3,(H,29,33)(H,34,35,36). The molecule has 0 aromatic heterocycles. The average Bonchev–Trinajstić information content (AvgIpc) is 2.86. The molecular weight excluding hydrogens is 553 g/mol. The van der Waals surface area contributed by atoms with Gasteiger partial charge in [-0.05, 0) is 49.1 Å². The van der Waals surface area contributed by atoms with Crippen LogP contribution in [-0.2, 0) is 10.1 Å². The van der Waals surface area contributed by atoms with Crippen LogP contribution < -0.4 is 10.1 Å². The Labute approximate surface area is 228 Å². The molecule has 0 aliphatic rings. The minimum atomic E-state index is -4.70. The van der Waals surface area contributed by atoms with E-state index in [-0.39, 0.29) is 27.5 Å². The summed E-state index contributed by atoms with van der Waals surface area (Å²) in [6.07, 6.45) is 0. The highest BCUT2D eigenvalue weighted by molar-refractivity contribution is 7.86. The molecule has 3 N–H and O–H groups in total. The Kier molecular flexibility index (Phi) is 7.89. The number of phenols is 1. The lowest BCUT2D eigenvalue weighted by molar-refractivity contribution is 0.102.